The molecule has 3 rings (SSSR count). The molecule has 1 aromatic carbocycles. The van der Waals surface area contributed by atoms with Crippen LogP contribution in [-0.4, -0.2) is 79.6 Å². The monoisotopic (exact) mass is 435 g/mol. The van der Waals surface area contributed by atoms with E-state index in [-0.39, 0.29) is 24.1 Å². The van der Waals surface area contributed by atoms with Gasteiger partial charge in [0.05, 0.1) is 26.0 Å². The number of nitrogens with zero attached hydrogens (tertiary/aromatic N) is 4. The second-order valence-electron chi connectivity index (χ2n) is 6.78. The lowest BCUT2D eigenvalue weighted by Gasteiger charge is -2.35. The number of benzene rings is 1. The highest BCUT2D eigenvalue weighted by atomic mass is 19.3. The number of hydrogen-bond acceptors (Lipinski definition) is 8. The van der Waals surface area contributed by atoms with Crippen LogP contribution in [0.25, 0.3) is 0 Å². The quantitative estimate of drug-likeness (QED) is 0.626. The number of methoxy groups -OCH3 is 1. The van der Waals surface area contributed by atoms with E-state index < -0.39 is 18.9 Å². The minimum Gasteiger partial charge on any atom is -0.470 e. The summed E-state index contributed by atoms with van der Waals surface area (Å²) in [5, 5.41) is 2.71. The van der Waals surface area contributed by atoms with Gasteiger partial charge >= 0.3 is 5.97 Å². The van der Waals surface area contributed by atoms with Crippen molar-refractivity contribution in [1.82, 2.24) is 14.9 Å². The summed E-state index contributed by atoms with van der Waals surface area (Å²) < 4.78 is 33.7. The standard InChI is InChI=1S/C20H23F2N5O4/c1-30-19(28)12-26-6-8-27(9-7-26)15-4-2-14(3-5-15)25-20(29)16-10-24-18(11-23-16)31-13-17(21)22/h2-5,10-11,17H,6-9,12-13H2,1H3,(H,25,29). The number of carbonyl (C=O) groups is 2. The van der Waals surface area contributed by atoms with E-state index >= 15 is 0 Å². The van der Waals surface area contributed by atoms with Crippen LogP contribution in [-0.2, 0) is 9.53 Å². The number of alkyl halides is 2. The number of rotatable bonds is 8. The average Bonchev–Trinajstić information content (AvgIpc) is 2.79. The highest BCUT2D eigenvalue weighted by Crippen LogP contribution is 2.20. The Labute approximate surface area is 178 Å². The highest BCUT2D eigenvalue weighted by Gasteiger charge is 2.19. The maximum Gasteiger partial charge on any atom is 0.319 e. The van der Waals surface area contributed by atoms with Crippen LogP contribution in [0.4, 0.5) is 20.2 Å². The summed E-state index contributed by atoms with van der Waals surface area (Å²) in [7, 11) is 1.38. The zero-order valence-corrected chi connectivity index (χ0v) is 17.0. The molecule has 31 heavy (non-hydrogen) atoms. The number of halogens is 2. The first-order valence-corrected chi connectivity index (χ1v) is 9.63. The van der Waals surface area contributed by atoms with Crippen LogP contribution in [0.2, 0.25) is 0 Å². The smallest absolute Gasteiger partial charge is 0.319 e. The molecule has 1 saturated heterocycles. The zero-order valence-electron chi connectivity index (χ0n) is 17.0. The summed E-state index contributed by atoms with van der Waals surface area (Å²) in [4.78, 5) is 35.6. The van der Waals surface area contributed by atoms with Gasteiger partial charge in [0.15, 0.2) is 6.61 Å². The topological polar surface area (TPSA) is 96.9 Å². The predicted octanol–water partition coefficient (Wildman–Crippen LogP) is 1.67. The highest BCUT2D eigenvalue weighted by molar-refractivity contribution is 6.02. The third-order valence-electron chi connectivity index (χ3n) is 4.66. The van der Waals surface area contributed by atoms with Crippen molar-refractivity contribution in [3.63, 3.8) is 0 Å². The van der Waals surface area contributed by atoms with Gasteiger partial charge in [0.2, 0.25) is 5.88 Å². The van der Waals surface area contributed by atoms with Gasteiger partial charge in [0.1, 0.15) is 5.69 Å². The maximum atomic E-state index is 12.3. The molecule has 0 radical (unpaired) electrons. The van der Waals surface area contributed by atoms with E-state index in [0.29, 0.717) is 5.69 Å². The Morgan fingerprint density at radius 1 is 1.10 bits per heavy atom. The van der Waals surface area contributed by atoms with Crippen molar-refractivity contribution >= 4 is 23.3 Å². The number of piperazine rings is 1. The first-order valence-electron chi connectivity index (χ1n) is 9.63. The molecular weight excluding hydrogens is 412 g/mol. The van der Waals surface area contributed by atoms with Crippen molar-refractivity contribution in [2.75, 3.05) is 56.7 Å². The van der Waals surface area contributed by atoms with Gasteiger partial charge in [0.25, 0.3) is 12.3 Å². The molecular formula is C20H23F2N5O4. The van der Waals surface area contributed by atoms with Gasteiger partial charge < -0.3 is 19.7 Å². The molecule has 1 fully saturated rings. The molecule has 0 atom stereocenters. The lowest BCUT2D eigenvalue weighted by Crippen LogP contribution is -2.48. The van der Waals surface area contributed by atoms with Crippen molar-refractivity contribution in [3.8, 4) is 5.88 Å². The second kappa shape index (κ2) is 10.6. The Balaban J connectivity index is 1.50. The Kier molecular flexibility index (Phi) is 7.65. The summed E-state index contributed by atoms with van der Waals surface area (Å²) in [5.74, 6) is -0.793. The second-order valence-corrected chi connectivity index (χ2v) is 6.78. The summed E-state index contributed by atoms with van der Waals surface area (Å²) in [6.07, 6.45) is -0.324. The fraction of sp³-hybridized carbons (Fsp3) is 0.400. The van der Waals surface area contributed by atoms with Gasteiger partial charge in [-0.2, -0.15) is 0 Å². The van der Waals surface area contributed by atoms with Gasteiger partial charge in [-0.25, -0.2) is 18.7 Å². The van der Waals surface area contributed by atoms with Crippen LogP contribution >= 0.6 is 0 Å². The molecule has 0 bridgehead atoms. The molecule has 9 nitrogen and oxygen atoms in total. The van der Waals surface area contributed by atoms with Crippen LogP contribution in [0.3, 0.4) is 0 Å². The van der Waals surface area contributed by atoms with Crippen LogP contribution in [0, 0.1) is 0 Å². The van der Waals surface area contributed by atoms with E-state index in [0.717, 1.165) is 44.3 Å². The number of aromatic nitrogens is 2. The first-order chi connectivity index (χ1) is 14.9. The number of hydrogen-bond donors (Lipinski definition) is 1. The molecule has 2 heterocycles. The molecule has 0 spiro atoms. The molecule has 166 valence electrons. The number of esters is 1. The third-order valence-corrected chi connectivity index (χ3v) is 4.66. The average molecular weight is 435 g/mol. The van der Waals surface area contributed by atoms with Gasteiger partial charge in [-0.15, -0.1) is 0 Å². The minimum atomic E-state index is -2.61. The first kappa shape index (κ1) is 22.3. The van der Waals surface area contributed by atoms with E-state index in [9.17, 15) is 18.4 Å². The predicted molar refractivity (Wildman–Crippen MR) is 109 cm³/mol. The molecule has 1 N–H and O–H groups in total. The summed E-state index contributed by atoms with van der Waals surface area (Å²) in [6.45, 7) is 2.56. The van der Waals surface area contributed by atoms with E-state index in [1.54, 1.807) is 12.1 Å². The molecule has 1 aliphatic heterocycles. The fourth-order valence-corrected chi connectivity index (χ4v) is 3.02. The van der Waals surface area contributed by atoms with Gasteiger partial charge in [-0.3, -0.25) is 14.5 Å². The normalized spacial score (nSPS) is 14.4. The van der Waals surface area contributed by atoms with Crippen LogP contribution in [0.15, 0.2) is 36.7 Å². The van der Waals surface area contributed by atoms with Crippen molar-refractivity contribution < 1.29 is 27.8 Å². The minimum absolute atomic E-state index is 0.0372. The van der Waals surface area contributed by atoms with Gasteiger partial charge in [-0.1, -0.05) is 0 Å². The number of amides is 1. The fourth-order valence-electron chi connectivity index (χ4n) is 3.02. The molecule has 2 aromatic rings. The van der Waals surface area contributed by atoms with E-state index in [2.05, 4.69) is 20.2 Å². The maximum absolute atomic E-state index is 12.3. The number of nitrogens with one attached hydrogen (secondary N) is 1. The van der Waals surface area contributed by atoms with Crippen molar-refractivity contribution in [1.29, 1.82) is 0 Å². The Hall–Kier alpha value is -3.34. The number of anilines is 2. The lowest BCUT2D eigenvalue weighted by molar-refractivity contribution is -0.142. The van der Waals surface area contributed by atoms with Gasteiger partial charge in [-0.05, 0) is 24.3 Å². The molecule has 0 aliphatic carbocycles. The molecule has 1 amide bonds. The zero-order chi connectivity index (χ0) is 22.2. The van der Waals surface area contributed by atoms with Crippen LogP contribution < -0.4 is 15.0 Å². The number of ether oxygens (including phenoxy) is 2. The van der Waals surface area contributed by atoms with E-state index in [4.69, 9.17) is 9.47 Å². The largest absolute Gasteiger partial charge is 0.470 e. The summed E-state index contributed by atoms with van der Waals surface area (Å²) >= 11 is 0. The van der Waals surface area contributed by atoms with Crippen LogP contribution in [0.1, 0.15) is 10.5 Å². The number of carbonyl (C=O) groups excluding carboxylic acids is 2. The molecule has 0 unspecified atom stereocenters. The SMILES string of the molecule is COC(=O)CN1CCN(c2ccc(NC(=O)c3cnc(OCC(F)F)cn3)cc2)CC1. The summed E-state index contributed by atoms with van der Waals surface area (Å²) in [6, 6.07) is 7.36. The van der Waals surface area contributed by atoms with Crippen LogP contribution in [0.5, 0.6) is 5.88 Å². The van der Waals surface area contributed by atoms with Crippen molar-refractivity contribution in [2.24, 2.45) is 0 Å². The summed E-state index contributed by atoms with van der Waals surface area (Å²) in [5.41, 5.74) is 1.63. The Morgan fingerprint density at radius 3 is 2.39 bits per heavy atom. The van der Waals surface area contributed by atoms with Crippen molar-refractivity contribution in [2.45, 2.75) is 6.43 Å². The van der Waals surface area contributed by atoms with E-state index in [1.807, 2.05) is 17.0 Å². The lowest BCUT2D eigenvalue weighted by atomic mass is 10.2. The third kappa shape index (κ3) is 6.57. The molecule has 1 aromatic heterocycles. The van der Waals surface area contributed by atoms with E-state index in [1.165, 1.54) is 7.11 Å². The Bertz CT molecular complexity index is 872. The van der Waals surface area contributed by atoms with Gasteiger partial charge in [0, 0.05) is 37.6 Å². The molecule has 0 saturated carbocycles. The molecule has 11 heteroatoms. The van der Waals surface area contributed by atoms with Crippen molar-refractivity contribution in [3.05, 3.63) is 42.4 Å². The molecule has 1 aliphatic rings. The Morgan fingerprint density at radius 2 is 1.81 bits per heavy atom.